The molecule has 0 spiro atoms. The maximum Gasteiger partial charge on any atom is 0.188 e. The quantitative estimate of drug-likeness (QED) is 0.759. The molecule has 0 unspecified atom stereocenters. The molecule has 0 amide bonds. The molecular weight excluding hydrogens is 292 g/mol. The molecular formula is C19H24O4. The standard InChI is InChI=1S/C19H24O4/c1-19(2,15-4-8-17(9-5-15)22-13-12-20)16-6-10-18(11-7-16)23-14-21-3/h4-11,20H,12-14H2,1-3H3. The Morgan fingerprint density at radius 3 is 1.74 bits per heavy atom. The summed E-state index contributed by atoms with van der Waals surface area (Å²) >= 11 is 0. The van der Waals surface area contributed by atoms with Crippen LogP contribution in [0.25, 0.3) is 0 Å². The lowest BCUT2D eigenvalue weighted by Gasteiger charge is -2.26. The Morgan fingerprint density at radius 1 is 0.826 bits per heavy atom. The van der Waals surface area contributed by atoms with Gasteiger partial charge in [-0.1, -0.05) is 38.1 Å². The molecule has 0 radical (unpaired) electrons. The first-order valence-corrected chi connectivity index (χ1v) is 7.64. The minimum absolute atomic E-state index is 0.0186. The lowest BCUT2D eigenvalue weighted by Crippen LogP contribution is -2.18. The van der Waals surface area contributed by atoms with Crippen LogP contribution < -0.4 is 9.47 Å². The van der Waals surface area contributed by atoms with E-state index in [0.29, 0.717) is 6.61 Å². The van der Waals surface area contributed by atoms with E-state index in [0.717, 1.165) is 11.5 Å². The normalized spacial score (nSPS) is 11.3. The fourth-order valence-corrected chi connectivity index (χ4v) is 2.39. The Balaban J connectivity index is 2.13. The number of rotatable bonds is 8. The summed E-state index contributed by atoms with van der Waals surface area (Å²) in [6, 6.07) is 16.0. The SMILES string of the molecule is COCOc1ccc(C(C)(C)c2ccc(OCCO)cc2)cc1. The highest BCUT2D eigenvalue weighted by molar-refractivity contribution is 5.41. The predicted octanol–water partition coefficient (Wildman–Crippen LogP) is 3.37. The van der Waals surface area contributed by atoms with Crippen molar-refractivity contribution >= 4 is 0 Å². The van der Waals surface area contributed by atoms with E-state index in [-0.39, 0.29) is 18.8 Å². The third-order valence-electron chi connectivity index (χ3n) is 3.86. The molecule has 0 heterocycles. The van der Waals surface area contributed by atoms with Crippen LogP contribution in [0.5, 0.6) is 11.5 Å². The highest BCUT2D eigenvalue weighted by atomic mass is 16.7. The van der Waals surface area contributed by atoms with Crippen LogP contribution in [0, 0.1) is 0 Å². The Bertz CT molecular complexity index is 534. The molecule has 124 valence electrons. The van der Waals surface area contributed by atoms with Gasteiger partial charge in [0.05, 0.1) is 6.61 Å². The Kier molecular flexibility index (Phi) is 6.02. The van der Waals surface area contributed by atoms with Crippen molar-refractivity contribution in [2.45, 2.75) is 19.3 Å². The van der Waals surface area contributed by atoms with Gasteiger partial charge in [-0.3, -0.25) is 0 Å². The number of hydrogen-bond acceptors (Lipinski definition) is 4. The van der Waals surface area contributed by atoms with E-state index in [1.54, 1.807) is 7.11 Å². The minimum atomic E-state index is -0.130. The summed E-state index contributed by atoms with van der Waals surface area (Å²) in [5.41, 5.74) is 2.26. The van der Waals surface area contributed by atoms with Crippen molar-refractivity contribution in [3.63, 3.8) is 0 Å². The van der Waals surface area contributed by atoms with Gasteiger partial charge in [-0.25, -0.2) is 0 Å². The van der Waals surface area contributed by atoms with Gasteiger partial charge >= 0.3 is 0 Å². The van der Waals surface area contributed by atoms with Crippen molar-refractivity contribution in [1.29, 1.82) is 0 Å². The first-order chi connectivity index (χ1) is 11.1. The molecule has 23 heavy (non-hydrogen) atoms. The summed E-state index contributed by atoms with van der Waals surface area (Å²) in [6.07, 6.45) is 0. The summed E-state index contributed by atoms with van der Waals surface area (Å²) in [5, 5.41) is 8.79. The van der Waals surface area contributed by atoms with Crippen LogP contribution >= 0.6 is 0 Å². The molecule has 1 N–H and O–H groups in total. The van der Waals surface area contributed by atoms with Crippen LogP contribution in [0.2, 0.25) is 0 Å². The van der Waals surface area contributed by atoms with Gasteiger partial charge in [-0.15, -0.1) is 0 Å². The predicted molar refractivity (Wildman–Crippen MR) is 90.1 cm³/mol. The topological polar surface area (TPSA) is 47.9 Å². The molecule has 0 atom stereocenters. The lowest BCUT2D eigenvalue weighted by atomic mass is 9.78. The van der Waals surface area contributed by atoms with E-state index in [9.17, 15) is 0 Å². The second-order valence-corrected chi connectivity index (χ2v) is 5.80. The van der Waals surface area contributed by atoms with Crippen molar-refractivity contribution in [3.05, 3.63) is 59.7 Å². The van der Waals surface area contributed by atoms with Crippen molar-refractivity contribution in [3.8, 4) is 11.5 Å². The van der Waals surface area contributed by atoms with Crippen LogP contribution in [0.4, 0.5) is 0 Å². The average Bonchev–Trinajstić information content (AvgIpc) is 2.59. The lowest BCUT2D eigenvalue weighted by molar-refractivity contribution is 0.0511. The molecule has 2 rings (SSSR count). The van der Waals surface area contributed by atoms with E-state index in [1.807, 2.05) is 24.3 Å². The Labute approximate surface area is 137 Å². The summed E-state index contributed by atoms with van der Waals surface area (Å²) in [5.74, 6) is 1.56. The number of benzene rings is 2. The molecule has 0 bridgehead atoms. The van der Waals surface area contributed by atoms with Crippen molar-refractivity contribution in [1.82, 2.24) is 0 Å². The van der Waals surface area contributed by atoms with Crippen LogP contribution in [0.1, 0.15) is 25.0 Å². The number of methoxy groups -OCH3 is 1. The summed E-state index contributed by atoms with van der Waals surface area (Å²) in [7, 11) is 1.60. The van der Waals surface area contributed by atoms with Crippen molar-refractivity contribution in [2.75, 3.05) is 27.1 Å². The fraction of sp³-hybridized carbons (Fsp3) is 0.368. The van der Waals surface area contributed by atoms with Crippen LogP contribution in [0.15, 0.2) is 48.5 Å². The number of ether oxygens (including phenoxy) is 3. The average molecular weight is 316 g/mol. The molecule has 4 nitrogen and oxygen atoms in total. The van der Waals surface area contributed by atoms with E-state index in [4.69, 9.17) is 19.3 Å². The molecule has 0 aromatic heterocycles. The van der Waals surface area contributed by atoms with Gasteiger partial charge in [0.25, 0.3) is 0 Å². The van der Waals surface area contributed by atoms with E-state index in [2.05, 4.69) is 38.1 Å². The molecule has 2 aromatic rings. The van der Waals surface area contributed by atoms with Crippen LogP contribution in [-0.2, 0) is 10.2 Å². The van der Waals surface area contributed by atoms with E-state index >= 15 is 0 Å². The smallest absolute Gasteiger partial charge is 0.188 e. The van der Waals surface area contributed by atoms with Crippen molar-refractivity contribution < 1.29 is 19.3 Å². The maximum atomic E-state index is 8.79. The van der Waals surface area contributed by atoms with Gasteiger partial charge in [0.15, 0.2) is 6.79 Å². The van der Waals surface area contributed by atoms with Gasteiger partial charge < -0.3 is 19.3 Å². The van der Waals surface area contributed by atoms with E-state index in [1.165, 1.54) is 11.1 Å². The Hall–Kier alpha value is -2.04. The molecule has 0 fully saturated rings. The summed E-state index contributed by atoms with van der Waals surface area (Å²) in [4.78, 5) is 0. The highest BCUT2D eigenvalue weighted by Crippen LogP contribution is 2.33. The zero-order valence-electron chi connectivity index (χ0n) is 13.9. The van der Waals surface area contributed by atoms with Gasteiger partial charge in [-0.2, -0.15) is 0 Å². The molecule has 4 heteroatoms. The van der Waals surface area contributed by atoms with Crippen molar-refractivity contribution in [2.24, 2.45) is 0 Å². The summed E-state index contributed by atoms with van der Waals surface area (Å²) in [6.45, 7) is 4.94. The van der Waals surface area contributed by atoms with Gasteiger partial charge in [-0.05, 0) is 35.4 Å². The van der Waals surface area contributed by atoms with Gasteiger partial charge in [0.1, 0.15) is 18.1 Å². The summed E-state index contributed by atoms with van der Waals surface area (Å²) < 4.78 is 15.7. The number of aliphatic hydroxyl groups excluding tert-OH is 1. The molecule has 0 aliphatic carbocycles. The fourth-order valence-electron chi connectivity index (χ4n) is 2.39. The molecule has 2 aromatic carbocycles. The number of hydrogen-bond donors (Lipinski definition) is 1. The molecule has 0 saturated carbocycles. The first-order valence-electron chi connectivity index (χ1n) is 7.64. The zero-order valence-corrected chi connectivity index (χ0v) is 13.9. The number of aliphatic hydroxyl groups is 1. The van der Waals surface area contributed by atoms with Crippen LogP contribution in [0.3, 0.4) is 0 Å². The largest absolute Gasteiger partial charge is 0.491 e. The molecule has 0 aliphatic heterocycles. The van der Waals surface area contributed by atoms with E-state index < -0.39 is 0 Å². The monoisotopic (exact) mass is 316 g/mol. The molecule has 0 saturated heterocycles. The third-order valence-corrected chi connectivity index (χ3v) is 3.86. The highest BCUT2D eigenvalue weighted by Gasteiger charge is 2.23. The van der Waals surface area contributed by atoms with Gasteiger partial charge in [0, 0.05) is 12.5 Å². The third kappa shape index (κ3) is 4.47. The van der Waals surface area contributed by atoms with Crippen LogP contribution in [-0.4, -0.2) is 32.2 Å². The molecule has 0 aliphatic rings. The maximum absolute atomic E-state index is 8.79. The second kappa shape index (κ2) is 7.99. The van der Waals surface area contributed by atoms with Gasteiger partial charge in [0.2, 0.25) is 0 Å². The zero-order chi connectivity index (χ0) is 16.7. The first kappa shape index (κ1) is 17.3. The second-order valence-electron chi connectivity index (χ2n) is 5.80. The Morgan fingerprint density at radius 2 is 1.30 bits per heavy atom. The minimum Gasteiger partial charge on any atom is -0.491 e.